The van der Waals surface area contributed by atoms with Crippen LogP contribution in [0.25, 0.3) is 0 Å². The predicted octanol–water partition coefficient (Wildman–Crippen LogP) is 2.62. The minimum absolute atomic E-state index is 0.225. The highest BCUT2D eigenvalue weighted by Crippen LogP contribution is 2.26. The number of rotatable bonds is 3. The lowest BCUT2D eigenvalue weighted by atomic mass is 10.1. The first kappa shape index (κ1) is 15.9. The lowest BCUT2D eigenvalue weighted by Gasteiger charge is -2.33. The van der Waals surface area contributed by atoms with Crippen LogP contribution in [0.2, 0.25) is 0 Å². The minimum atomic E-state index is -0.330. The van der Waals surface area contributed by atoms with Crippen LogP contribution < -0.4 is 9.77 Å². The fourth-order valence-corrected chi connectivity index (χ4v) is 3.35. The number of aryl methyl sites for hydroxylation is 2. The van der Waals surface area contributed by atoms with Crippen molar-refractivity contribution in [2.24, 2.45) is 0 Å². The van der Waals surface area contributed by atoms with Crippen LogP contribution in [0, 0.1) is 13.8 Å². The largest absolute Gasteiger partial charge is 0.358 e. The van der Waals surface area contributed by atoms with E-state index in [-0.39, 0.29) is 17.0 Å². The second kappa shape index (κ2) is 6.64. The van der Waals surface area contributed by atoms with Crippen LogP contribution in [0.4, 0.5) is 5.69 Å². The van der Waals surface area contributed by atoms with Crippen molar-refractivity contribution in [3.05, 3.63) is 44.3 Å². The van der Waals surface area contributed by atoms with E-state index in [0.717, 1.165) is 36.3 Å². The molecule has 1 fully saturated rings. The molecule has 0 spiro atoms. The molecule has 23 heavy (non-hydrogen) atoms. The molecule has 0 radical (unpaired) electrons. The van der Waals surface area contributed by atoms with Crippen molar-refractivity contribution < 1.29 is 9.53 Å². The fourth-order valence-electron chi connectivity index (χ4n) is 2.67. The number of pyridine rings is 1. The smallest absolute Gasteiger partial charge is 0.305 e. The molecule has 1 aliphatic heterocycles. The number of thiazole rings is 1. The molecule has 1 amide bonds. The molecular formula is C16H19N3O3S. The molecule has 0 bridgehead atoms. The number of ether oxygens (including phenoxy) is 1. The summed E-state index contributed by atoms with van der Waals surface area (Å²) in [5.74, 6) is -0.251. The molecule has 1 atom stereocenters. The second-order valence-corrected chi connectivity index (χ2v) is 6.79. The zero-order valence-electron chi connectivity index (χ0n) is 13.2. The Hall–Kier alpha value is -1.99. The van der Waals surface area contributed by atoms with E-state index in [0.29, 0.717) is 22.9 Å². The van der Waals surface area contributed by atoms with Gasteiger partial charge in [0.15, 0.2) is 0 Å². The molecule has 1 unspecified atom stereocenters. The number of hydrogen-bond acceptors (Lipinski definition) is 5. The number of carbonyl (C=O) groups excluding carboxylic acids is 1. The number of nitrogens with zero attached hydrogens (tertiary/aromatic N) is 2. The lowest BCUT2D eigenvalue weighted by molar-refractivity contribution is 0.0143. The maximum atomic E-state index is 13.0. The third-order valence-corrected chi connectivity index (χ3v) is 4.67. The molecule has 3 heterocycles. The number of anilines is 1. The Bertz CT molecular complexity index is 745. The molecule has 2 aromatic rings. The van der Waals surface area contributed by atoms with E-state index in [4.69, 9.17) is 4.74 Å². The highest BCUT2D eigenvalue weighted by molar-refractivity contribution is 7.09. The maximum Gasteiger partial charge on any atom is 0.305 e. The first-order valence-corrected chi connectivity index (χ1v) is 8.45. The maximum absolute atomic E-state index is 13.0. The van der Waals surface area contributed by atoms with E-state index in [1.807, 2.05) is 19.1 Å². The molecular weight excluding hydrogens is 314 g/mol. The minimum Gasteiger partial charge on any atom is -0.358 e. The Balaban J connectivity index is 2.00. The lowest BCUT2D eigenvalue weighted by Crippen LogP contribution is -2.44. The Morgan fingerprint density at radius 1 is 1.39 bits per heavy atom. The number of amides is 1. The molecule has 0 aliphatic carbocycles. The van der Waals surface area contributed by atoms with Gasteiger partial charge in [0.05, 0.1) is 11.9 Å². The molecule has 0 saturated carbocycles. The van der Waals surface area contributed by atoms with Gasteiger partial charge in [-0.15, -0.1) is 0 Å². The topological polar surface area (TPSA) is 75.3 Å². The number of hydrogen-bond donors (Lipinski definition) is 1. The van der Waals surface area contributed by atoms with E-state index in [1.54, 1.807) is 18.0 Å². The van der Waals surface area contributed by atoms with Crippen LogP contribution in [-0.4, -0.2) is 28.7 Å². The second-order valence-electron chi connectivity index (χ2n) is 5.60. The van der Waals surface area contributed by atoms with Gasteiger partial charge in [-0.25, -0.2) is 0 Å². The van der Waals surface area contributed by atoms with E-state index >= 15 is 0 Å². The van der Waals surface area contributed by atoms with Gasteiger partial charge in [-0.1, -0.05) is 11.3 Å². The van der Waals surface area contributed by atoms with Gasteiger partial charge in [-0.05, 0) is 45.2 Å². The number of H-pyrrole nitrogens is 1. The standard InChI is InChI=1S/C16H19N3O3S/c1-10-6-7-12(9-17-10)19(13-5-3-4-8-22-13)15(20)14-11(2)23-16(21)18-14/h6-7,9,13H,3-5,8H2,1-2H3,(H,18,21). The summed E-state index contributed by atoms with van der Waals surface area (Å²) in [4.78, 5) is 33.5. The highest BCUT2D eigenvalue weighted by Gasteiger charge is 2.30. The molecule has 0 aromatic carbocycles. The summed E-state index contributed by atoms with van der Waals surface area (Å²) in [5.41, 5.74) is 1.89. The normalized spacial score (nSPS) is 17.9. The summed E-state index contributed by atoms with van der Waals surface area (Å²) < 4.78 is 5.80. The monoisotopic (exact) mass is 333 g/mol. The van der Waals surface area contributed by atoms with E-state index in [9.17, 15) is 9.59 Å². The predicted molar refractivity (Wildman–Crippen MR) is 89.1 cm³/mol. The third-order valence-electron chi connectivity index (χ3n) is 3.88. The first-order chi connectivity index (χ1) is 11.1. The SMILES string of the molecule is Cc1ccc(N(C(=O)c2[nH]c(=O)sc2C)C2CCCCO2)cn1. The number of carbonyl (C=O) groups is 1. The van der Waals surface area contributed by atoms with Gasteiger partial charge < -0.3 is 9.72 Å². The summed E-state index contributed by atoms with van der Waals surface area (Å²) >= 11 is 1.04. The van der Waals surface area contributed by atoms with Gasteiger partial charge in [0.2, 0.25) is 0 Å². The van der Waals surface area contributed by atoms with Crippen LogP contribution in [0.5, 0.6) is 0 Å². The first-order valence-electron chi connectivity index (χ1n) is 7.64. The average molecular weight is 333 g/mol. The van der Waals surface area contributed by atoms with Crippen LogP contribution >= 0.6 is 11.3 Å². The summed E-state index contributed by atoms with van der Waals surface area (Å²) in [5, 5.41) is 0. The highest BCUT2D eigenvalue weighted by atomic mass is 32.1. The van der Waals surface area contributed by atoms with Crippen LogP contribution in [0.15, 0.2) is 23.1 Å². The van der Waals surface area contributed by atoms with Crippen molar-refractivity contribution in [3.8, 4) is 0 Å². The van der Waals surface area contributed by atoms with Crippen molar-refractivity contribution >= 4 is 22.9 Å². The van der Waals surface area contributed by atoms with Gasteiger partial charge in [-0.3, -0.25) is 19.5 Å². The summed E-state index contributed by atoms with van der Waals surface area (Å²) in [6.45, 7) is 4.30. The number of aromatic nitrogens is 2. The number of nitrogens with one attached hydrogen (secondary N) is 1. The van der Waals surface area contributed by atoms with Crippen LogP contribution in [0.3, 0.4) is 0 Å². The van der Waals surface area contributed by atoms with Crippen LogP contribution in [-0.2, 0) is 4.74 Å². The third kappa shape index (κ3) is 3.35. The van der Waals surface area contributed by atoms with Gasteiger partial charge >= 0.3 is 4.87 Å². The van der Waals surface area contributed by atoms with Crippen molar-refractivity contribution in [2.45, 2.75) is 39.3 Å². The van der Waals surface area contributed by atoms with Crippen molar-refractivity contribution in [1.82, 2.24) is 9.97 Å². The molecule has 6 nitrogen and oxygen atoms in total. The molecule has 2 aromatic heterocycles. The van der Waals surface area contributed by atoms with Gasteiger partial charge in [0.1, 0.15) is 11.9 Å². The van der Waals surface area contributed by atoms with Crippen LogP contribution in [0.1, 0.15) is 40.3 Å². The molecule has 7 heteroatoms. The molecule has 1 aliphatic rings. The molecule has 122 valence electrons. The number of aromatic amines is 1. The zero-order valence-corrected chi connectivity index (χ0v) is 14.0. The van der Waals surface area contributed by atoms with Crippen molar-refractivity contribution in [3.63, 3.8) is 0 Å². The Morgan fingerprint density at radius 3 is 2.78 bits per heavy atom. The average Bonchev–Trinajstić information content (AvgIpc) is 2.89. The zero-order chi connectivity index (χ0) is 16.4. The Labute approximate surface area is 138 Å². The van der Waals surface area contributed by atoms with Gasteiger partial charge in [0.25, 0.3) is 5.91 Å². The fraction of sp³-hybridized carbons (Fsp3) is 0.438. The van der Waals surface area contributed by atoms with Gasteiger partial charge in [-0.2, -0.15) is 0 Å². The summed E-state index contributed by atoms with van der Waals surface area (Å²) in [7, 11) is 0. The summed E-state index contributed by atoms with van der Waals surface area (Å²) in [6.07, 6.45) is 4.12. The Morgan fingerprint density at radius 2 is 2.22 bits per heavy atom. The summed E-state index contributed by atoms with van der Waals surface area (Å²) in [6, 6.07) is 3.72. The van der Waals surface area contributed by atoms with E-state index in [2.05, 4.69) is 9.97 Å². The van der Waals surface area contributed by atoms with Crippen molar-refractivity contribution in [1.29, 1.82) is 0 Å². The molecule has 1 N–H and O–H groups in total. The van der Waals surface area contributed by atoms with E-state index < -0.39 is 0 Å². The van der Waals surface area contributed by atoms with E-state index in [1.165, 1.54) is 0 Å². The molecule has 1 saturated heterocycles. The van der Waals surface area contributed by atoms with Gasteiger partial charge in [0, 0.05) is 17.2 Å². The quantitative estimate of drug-likeness (QED) is 0.937. The Kier molecular flexibility index (Phi) is 4.58. The molecule has 3 rings (SSSR count). The van der Waals surface area contributed by atoms with Crippen molar-refractivity contribution in [2.75, 3.05) is 11.5 Å².